The Hall–Kier alpha value is -3.48. The molecule has 2 aromatic carbocycles. The van der Waals surface area contributed by atoms with Gasteiger partial charge in [0.05, 0.1) is 10.6 Å². The molecule has 0 aliphatic heterocycles. The van der Waals surface area contributed by atoms with Crippen molar-refractivity contribution < 1.29 is 9.72 Å². The quantitative estimate of drug-likeness (QED) is 0.404. The summed E-state index contributed by atoms with van der Waals surface area (Å²) in [6.07, 6.45) is 2.81. The molecule has 1 amide bonds. The van der Waals surface area contributed by atoms with Crippen molar-refractivity contribution in [3.05, 3.63) is 76.0 Å². The lowest BCUT2D eigenvalue weighted by Crippen LogP contribution is -2.19. The van der Waals surface area contributed by atoms with Gasteiger partial charge in [0.2, 0.25) is 5.91 Å². The fraction of sp³-hybridized carbons (Fsp3) is 0.158. The zero-order valence-corrected chi connectivity index (χ0v) is 14.2. The molecular formula is C19H18N4O3. The van der Waals surface area contributed by atoms with Crippen LogP contribution in [0.5, 0.6) is 0 Å². The zero-order valence-electron chi connectivity index (χ0n) is 14.2. The van der Waals surface area contributed by atoms with Gasteiger partial charge in [-0.25, -0.2) is 5.43 Å². The SMILES string of the molecule is C/C(=N\NC(=O)CCc1c[nH]c2ccccc12)c1cccc([N+](=O)[O-])c1. The highest BCUT2D eigenvalue weighted by Crippen LogP contribution is 2.19. The Bertz CT molecular complexity index is 991. The first kappa shape index (κ1) is 17.3. The predicted molar refractivity (Wildman–Crippen MR) is 100 cm³/mol. The van der Waals surface area contributed by atoms with Gasteiger partial charge in [-0.2, -0.15) is 5.10 Å². The maximum absolute atomic E-state index is 12.0. The monoisotopic (exact) mass is 350 g/mol. The molecule has 3 aromatic rings. The number of nitrogens with one attached hydrogen (secondary N) is 2. The molecule has 0 bridgehead atoms. The number of aromatic amines is 1. The van der Waals surface area contributed by atoms with E-state index in [1.807, 2.05) is 30.5 Å². The van der Waals surface area contributed by atoms with Crippen molar-refractivity contribution in [2.75, 3.05) is 0 Å². The summed E-state index contributed by atoms with van der Waals surface area (Å²) in [5.41, 5.74) is 5.72. The van der Waals surface area contributed by atoms with Crippen LogP contribution >= 0.6 is 0 Å². The van der Waals surface area contributed by atoms with Crippen molar-refractivity contribution >= 4 is 28.2 Å². The topological polar surface area (TPSA) is 100 Å². The summed E-state index contributed by atoms with van der Waals surface area (Å²) in [7, 11) is 0. The Kier molecular flexibility index (Phi) is 5.07. The van der Waals surface area contributed by atoms with Gasteiger partial charge in [-0.15, -0.1) is 0 Å². The summed E-state index contributed by atoms with van der Waals surface area (Å²) in [6, 6.07) is 14.1. The molecule has 0 spiro atoms. The molecule has 132 valence electrons. The summed E-state index contributed by atoms with van der Waals surface area (Å²) in [4.78, 5) is 25.6. The van der Waals surface area contributed by atoms with Crippen molar-refractivity contribution in [3.8, 4) is 0 Å². The molecule has 7 nitrogen and oxygen atoms in total. The average Bonchev–Trinajstić information content (AvgIpc) is 3.07. The number of carbonyl (C=O) groups excluding carboxylic acids is 1. The number of nitro benzene ring substituents is 1. The fourth-order valence-corrected chi connectivity index (χ4v) is 2.70. The molecule has 0 aliphatic rings. The van der Waals surface area contributed by atoms with E-state index < -0.39 is 4.92 Å². The molecule has 0 fully saturated rings. The van der Waals surface area contributed by atoms with E-state index in [9.17, 15) is 14.9 Å². The van der Waals surface area contributed by atoms with E-state index in [-0.39, 0.29) is 11.6 Å². The number of carbonyl (C=O) groups is 1. The summed E-state index contributed by atoms with van der Waals surface area (Å²) >= 11 is 0. The van der Waals surface area contributed by atoms with E-state index in [0.29, 0.717) is 24.1 Å². The number of nitrogens with zero attached hydrogens (tertiary/aromatic N) is 2. The number of amides is 1. The molecule has 0 unspecified atom stereocenters. The van der Waals surface area contributed by atoms with Gasteiger partial charge in [0.15, 0.2) is 0 Å². The fourth-order valence-electron chi connectivity index (χ4n) is 2.70. The van der Waals surface area contributed by atoms with Crippen LogP contribution in [0.25, 0.3) is 10.9 Å². The number of hydrogen-bond donors (Lipinski definition) is 2. The molecule has 0 aliphatic carbocycles. The Morgan fingerprint density at radius 3 is 2.85 bits per heavy atom. The number of nitro groups is 1. The Morgan fingerprint density at radius 1 is 1.23 bits per heavy atom. The van der Waals surface area contributed by atoms with Crippen LogP contribution in [0.2, 0.25) is 0 Å². The van der Waals surface area contributed by atoms with Crippen LogP contribution in [0, 0.1) is 10.1 Å². The summed E-state index contributed by atoms with van der Waals surface area (Å²) in [6.45, 7) is 1.69. The number of para-hydroxylation sites is 1. The number of benzene rings is 2. The van der Waals surface area contributed by atoms with Crippen molar-refractivity contribution in [1.29, 1.82) is 0 Å². The van der Waals surface area contributed by atoms with Gasteiger partial charge < -0.3 is 4.98 Å². The maximum Gasteiger partial charge on any atom is 0.270 e. The molecule has 1 aromatic heterocycles. The molecule has 0 saturated heterocycles. The average molecular weight is 350 g/mol. The second kappa shape index (κ2) is 7.60. The van der Waals surface area contributed by atoms with E-state index in [1.54, 1.807) is 19.1 Å². The van der Waals surface area contributed by atoms with Gasteiger partial charge in [0.1, 0.15) is 0 Å². The number of fused-ring (bicyclic) bond motifs is 1. The minimum Gasteiger partial charge on any atom is -0.361 e. The number of non-ortho nitro benzene ring substituents is 1. The number of rotatable bonds is 6. The highest BCUT2D eigenvalue weighted by atomic mass is 16.6. The van der Waals surface area contributed by atoms with Gasteiger partial charge in [-0.05, 0) is 25.0 Å². The minimum absolute atomic E-state index is 0.0114. The van der Waals surface area contributed by atoms with Crippen molar-refractivity contribution in [3.63, 3.8) is 0 Å². The Balaban J connectivity index is 1.60. The van der Waals surface area contributed by atoms with Crippen LogP contribution in [0.4, 0.5) is 5.69 Å². The smallest absolute Gasteiger partial charge is 0.270 e. The predicted octanol–water partition coefficient (Wildman–Crippen LogP) is 3.55. The lowest BCUT2D eigenvalue weighted by molar-refractivity contribution is -0.384. The van der Waals surface area contributed by atoms with Gasteiger partial charge >= 0.3 is 0 Å². The molecule has 26 heavy (non-hydrogen) atoms. The standard InChI is InChI=1S/C19H18N4O3/c1-13(14-5-4-6-16(11-14)23(25)26)21-22-19(24)10-9-15-12-20-18-8-3-2-7-17(15)18/h2-8,11-12,20H,9-10H2,1H3,(H,22,24)/b21-13+. The first-order chi connectivity index (χ1) is 12.5. The molecule has 1 heterocycles. The van der Waals surface area contributed by atoms with Crippen LogP contribution in [0.1, 0.15) is 24.5 Å². The van der Waals surface area contributed by atoms with Gasteiger partial charge in [-0.1, -0.05) is 30.3 Å². The van der Waals surface area contributed by atoms with Crippen molar-refractivity contribution in [2.45, 2.75) is 19.8 Å². The zero-order chi connectivity index (χ0) is 18.5. The number of hydrogen-bond acceptors (Lipinski definition) is 4. The molecule has 0 radical (unpaired) electrons. The lowest BCUT2D eigenvalue weighted by atomic mass is 10.1. The summed E-state index contributed by atoms with van der Waals surface area (Å²) in [5, 5.41) is 16.0. The van der Waals surface area contributed by atoms with Crippen molar-refractivity contribution in [1.82, 2.24) is 10.4 Å². The van der Waals surface area contributed by atoms with Gasteiger partial charge in [-0.3, -0.25) is 14.9 Å². The van der Waals surface area contributed by atoms with Crippen LogP contribution in [-0.2, 0) is 11.2 Å². The first-order valence-electron chi connectivity index (χ1n) is 8.17. The molecular weight excluding hydrogens is 332 g/mol. The number of H-pyrrole nitrogens is 1. The molecule has 0 saturated carbocycles. The Labute approximate surface area is 149 Å². The number of aryl methyl sites for hydroxylation is 1. The van der Waals surface area contributed by atoms with E-state index in [2.05, 4.69) is 15.5 Å². The second-order valence-corrected chi connectivity index (χ2v) is 5.90. The van der Waals surface area contributed by atoms with E-state index in [0.717, 1.165) is 16.5 Å². The van der Waals surface area contributed by atoms with Gasteiger partial charge in [0.25, 0.3) is 5.69 Å². The van der Waals surface area contributed by atoms with E-state index in [1.165, 1.54) is 12.1 Å². The van der Waals surface area contributed by atoms with E-state index >= 15 is 0 Å². The van der Waals surface area contributed by atoms with Gasteiger partial charge in [0, 0.05) is 41.2 Å². The number of hydrazone groups is 1. The second-order valence-electron chi connectivity index (χ2n) is 5.90. The highest BCUT2D eigenvalue weighted by molar-refractivity contribution is 5.99. The normalized spacial score (nSPS) is 11.5. The molecule has 3 rings (SSSR count). The summed E-state index contributed by atoms with van der Waals surface area (Å²) < 4.78 is 0. The Morgan fingerprint density at radius 2 is 2.04 bits per heavy atom. The van der Waals surface area contributed by atoms with E-state index in [4.69, 9.17) is 0 Å². The van der Waals surface area contributed by atoms with Crippen LogP contribution in [0.15, 0.2) is 59.8 Å². The summed E-state index contributed by atoms with van der Waals surface area (Å²) in [5.74, 6) is -0.208. The van der Waals surface area contributed by atoms with Crippen molar-refractivity contribution in [2.24, 2.45) is 5.10 Å². The largest absolute Gasteiger partial charge is 0.361 e. The maximum atomic E-state index is 12.0. The van der Waals surface area contributed by atoms with Crippen LogP contribution in [0.3, 0.4) is 0 Å². The molecule has 7 heteroatoms. The third-order valence-corrected chi connectivity index (χ3v) is 4.12. The first-order valence-corrected chi connectivity index (χ1v) is 8.17. The van der Waals surface area contributed by atoms with Crippen LogP contribution in [-0.4, -0.2) is 21.5 Å². The lowest BCUT2D eigenvalue weighted by Gasteiger charge is -2.03. The third-order valence-electron chi connectivity index (χ3n) is 4.12. The molecule has 0 atom stereocenters. The molecule has 2 N–H and O–H groups in total. The minimum atomic E-state index is -0.462. The van der Waals surface area contributed by atoms with Crippen LogP contribution < -0.4 is 5.43 Å². The highest BCUT2D eigenvalue weighted by Gasteiger charge is 2.09. The number of aromatic nitrogens is 1. The third kappa shape index (κ3) is 3.94.